The molecule has 0 aliphatic rings. The average molecular weight is 958 g/mol. The van der Waals surface area contributed by atoms with Gasteiger partial charge in [0.15, 0.2) is 6.10 Å². The summed E-state index contributed by atoms with van der Waals surface area (Å²) >= 11 is 0. The van der Waals surface area contributed by atoms with Gasteiger partial charge in [-0.05, 0) is 103 Å². The van der Waals surface area contributed by atoms with Crippen LogP contribution < -0.4 is 0 Å². The van der Waals surface area contributed by atoms with E-state index in [0.29, 0.717) is 19.3 Å². The molecule has 0 N–H and O–H groups in total. The minimum absolute atomic E-state index is 0.0914. The lowest BCUT2D eigenvalue weighted by Crippen LogP contribution is -2.30. The van der Waals surface area contributed by atoms with Crippen molar-refractivity contribution in [3.63, 3.8) is 0 Å². The van der Waals surface area contributed by atoms with E-state index in [2.05, 4.69) is 130 Å². The zero-order valence-electron chi connectivity index (χ0n) is 44.8. The average Bonchev–Trinajstić information content (AvgIpc) is 3.35. The van der Waals surface area contributed by atoms with E-state index in [1.807, 2.05) is 0 Å². The van der Waals surface area contributed by atoms with E-state index in [9.17, 15) is 14.4 Å². The van der Waals surface area contributed by atoms with Gasteiger partial charge in [0, 0.05) is 19.3 Å². The number of esters is 3. The topological polar surface area (TPSA) is 78.9 Å². The molecule has 1 unspecified atom stereocenters. The molecule has 69 heavy (non-hydrogen) atoms. The molecule has 0 saturated heterocycles. The predicted octanol–water partition coefficient (Wildman–Crippen LogP) is 19.1. The van der Waals surface area contributed by atoms with Crippen molar-refractivity contribution >= 4 is 17.9 Å². The van der Waals surface area contributed by atoms with Gasteiger partial charge in [-0.25, -0.2) is 0 Å². The molecule has 392 valence electrons. The Bertz CT molecular complexity index is 1420. The van der Waals surface area contributed by atoms with E-state index < -0.39 is 6.10 Å². The molecule has 0 rings (SSSR count). The van der Waals surface area contributed by atoms with Crippen LogP contribution in [-0.4, -0.2) is 37.2 Å². The number of carbonyl (C=O) groups excluding carboxylic acids is 3. The Morgan fingerprint density at radius 1 is 0.304 bits per heavy atom. The molecule has 0 bridgehead atoms. The predicted molar refractivity (Wildman–Crippen MR) is 297 cm³/mol. The fourth-order valence-corrected chi connectivity index (χ4v) is 7.58. The molecule has 1 atom stereocenters. The number of hydrogen-bond acceptors (Lipinski definition) is 6. The van der Waals surface area contributed by atoms with Crippen molar-refractivity contribution in [2.45, 2.75) is 258 Å². The van der Waals surface area contributed by atoms with Gasteiger partial charge < -0.3 is 14.2 Å². The zero-order valence-corrected chi connectivity index (χ0v) is 44.8. The normalized spacial score (nSPS) is 12.9. The van der Waals surface area contributed by atoms with Crippen molar-refractivity contribution in [3.05, 3.63) is 109 Å². The Labute approximate surface area is 425 Å². The summed E-state index contributed by atoms with van der Waals surface area (Å²) in [6, 6.07) is 0. The lowest BCUT2D eigenvalue weighted by molar-refractivity contribution is -0.167. The van der Waals surface area contributed by atoms with Crippen LogP contribution in [0.1, 0.15) is 252 Å². The molecular weight excluding hydrogens is 853 g/mol. The second kappa shape index (κ2) is 56.7. The van der Waals surface area contributed by atoms with Crippen LogP contribution in [0.25, 0.3) is 0 Å². The minimum atomic E-state index is -0.796. The van der Waals surface area contributed by atoms with Gasteiger partial charge >= 0.3 is 17.9 Å². The maximum Gasteiger partial charge on any atom is 0.306 e. The first-order valence-electron chi connectivity index (χ1n) is 28.4. The van der Waals surface area contributed by atoms with Gasteiger partial charge in [-0.2, -0.15) is 0 Å². The fourth-order valence-electron chi connectivity index (χ4n) is 7.58. The minimum Gasteiger partial charge on any atom is -0.462 e. The number of rotatable bonds is 50. The Kier molecular flexibility index (Phi) is 53.4. The van der Waals surface area contributed by atoms with Gasteiger partial charge in [0.05, 0.1) is 0 Å². The van der Waals surface area contributed by atoms with Crippen LogP contribution in [0.2, 0.25) is 0 Å². The van der Waals surface area contributed by atoms with Crippen LogP contribution >= 0.6 is 0 Å². The monoisotopic (exact) mass is 957 g/mol. The Morgan fingerprint density at radius 2 is 0.565 bits per heavy atom. The second-order valence-corrected chi connectivity index (χ2v) is 18.4. The summed E-state index contributed by atoms with van der Waals surface area (Å²) in [5.74, 6) is -0.927. The van der Waals surface area contributed by atoms with Crippen molar-refractivity contribution in [1.82, 2.24) is 0 Å². The SMILES string of the molecule is CC/C=C\C/C=C\C/C=C\C/C=C\C/C=C\CCCCCCCCCC(=O)OCC(COC(=O)CCCCCCCCCCCCC)OC(=O)CCCCCC/C=C\C/C=C\C/C=C\C/C=C\CC. The number of allylic oxidation sites excluding steroid dienone is 18. The van der Waals surface area contributed by atoms with Gasteiger partial charge in [-0.15, -0.1) is 0 Å². The molecule has 0 aromatic rings. The molecule has 0 saturated carbocycles. The van der Waals surface area contributed by atoms with Crippen molar-refractivity contribution in [2.24, 2.45) is 0 Å². The van der Waals surface area contributed by atoms with Crippen molar-refractivity contribution < 1.29 is 28.6 Å². The summed E-state index contributed by atoms with van der Waals surface area (Å²) in [4.78, 5) is 38.1. The third-order valence-electron chi connectivity index (χ3n) is 11.8. The summed E-state index contributed by atoms with van der Waals surface area (Å²) in [6.07, 6.45) is 76.5. The standard InChI is InChI=1S/C63H104O6/c1-4-7-10-13-16-19-22-24-26-28-29-30-31-32-33-35-36-38-41-44-47-50-53-56-62(65)68-59-60(58-67-61(64)55-52-49-46-43-40-21-18-15-12-9-6-3)69-63(66)57-54-51-48-45-42-39-37-34-27-25-23-20-17-14-11-8-5-2/h7-8,10-11,16-17,19-20,24-27,29-30,32-33,37,39,60H,4-6,9,12-15,18,21-23,28,31,34-36,38,40-59H2,1-3H3/b10-7-,11-8-,19-16-,20-17-,26-24-,27-25-,30-29-,33-32-,39-37-. The third kappa shape index (κ3) is 54.9. The fraction of sp³-hybridized carbons (Fsp3) is 0.667. The summed E-state index contributed by atoms with van der Waals surface area (Å²) in [5, 5.41) is 0. The van der Waals surface area contributed by atoms with Gasteiger partial charge in [0.2, 0.25) is 0 Å². The molecular formula is C63H104O6. The smallest absolute Gasteiger partial charge is 0.306 e. The molecule has 0 aromatic heterocycles. The number of carbonyl (C=O) groups is 3. The van der Waals surface area contributed by atoms with E-state index in [1.165, 1.54) is 77.0 Å². The van der Waals surface area contributed by atoms with Gasteiger partial charge in [-0.3, -0.25) is 14.4 Å². The molecule has 0 aliphatic heterocycles. The lowest BCUT2D eigenvalue weighted by atomic mass is 10.1. The van der Waals surface area contributed by atoms with Gasteiger partial charge in [0.1, 0.15) is 13.2 Å². The van der Waals surface area contributed by atoms with Crippen molar-refractivity contribution in [3.8, 4) is 0 Å². The Hall–Kier alpha value is -3.93. The van der Waals surface area contributed by atoms with Crippen LogP contribution in [0.5, 0.6) is 0 Å². The first-order chi connectivity index (χ1) is 34.0. The number of unbranched alkanes of at least 4 members (excludes halogenated alkanes) is 21. The molecule has 0 amide bonds. The quantitative estimate of drug-likeness (QED) is 0.0262. The zero-order chi connectivity index (χ0) is 50.0. The highest BCUT2D eigenvalue weighted by Gasteiger charge is 2.19. The van der Waals surface area contributed by atoms with Crippen LogP contribution in [0.3, 0.4) is 0 Å². The second-order valence-electron chi connectivity index (χ2n) is 18.4. The Balaban J connectivity index is 4.39. The first-order valence-corrected chi connectivity index (χ1v) is 28.4. The summed E-state index contributed by atoms with van der Waals surface area (Å²) in [6.45, 7) is 6.38. The molecule has 0 spiro atoms. The number of ether oxygens (including phenoxy) is 3. The number of hydrogen-bond donors (Lipinski definition) is 0. The Morgan fingerprint density at radius 3 is 0.884 bits per heavy atom. The van der Waals surface area contributed by atoms with Crippen LogP contribution in [0.15, 0.2) is 109 Å². The molecule has 0 fully saturated rings. The van der Waals surface area contributed by atoms with E-state index in [-0.39, 0.29) is 31.1 Å². The molecule has 0 heterocycles. The summed E-state index contributed by atoms with van der Waals surface area (Å²) in [7, 11) is 0. The summed E-state index contributed by atoms with van der Waals surface area (Å²) in [5.41, 5.74) is 0. The van der Waals surface area contributed by atoms with E-state index in [4.69, 9.17) is 14.2 Å². The molecule has 0 radical (unpaired) electrons. The van der Waals surface area contributed by atoms with E-state index in [1.54, 1.807) is 0 Å². The molecule has 0 aliphatic carbocycles. The van der Waals surface area contributed by atoms with Crippen LogP contribution in [-0.2, 0) is 28.6 Å². The first kappa shape index (κ1) is 65.1. The third-order valence-corrected chi connectivity index (χ3v) is 11.8. The van der Waals surface area contributed by atoms with E-state index >= 15 is 0 Å². The maximum absolute atomic E-state index is 12.8. The van der Waals surface area contributed by atoms with Crippen LogP contribution in [0, 0.1) is 0 Å². The van der Waals surface area contributed by atoms with Crippen molar-refractivity contribution in [2.75, 3.05) is 13.2 Å². The highest BCUT2D eigenvalue weighted by molar-refractivity contribution is 5.71. The lowest BCUT2D eigenvalue weighted by Gasteiger charge is -2.18. The largest absolute Gasteiger partial charge is 0.462 e. The molecule has 6 nitrogen and oxygen atoms in total. The van der Waals surface area contributed by atoms with Gasteiger partial charge in [0.25, 0.3) is 0 Å². The van der Waals surface area contributed by atoms with Crippen molar-refractivity contribution in [1.29, 1.82) is 0 Å². The van der Waals surface area contributed by atoms with Gasteiger partial charge in [-0.1, -0.05) is 239 Å². The highest BCUT2D eigenvalue weighted by atomic mass is 16.6. The highest BCUT2D eigenvalue weighted by Crippen LogP contribution is 2.14. The molecule has 0 aromatic carbocycles. The molecule has 6 heteroatoms. The van der Waals surface area contributed by atoms with E-state index in [0.717, 1.165) is 135 Å². The maximum atomic E-state index is 12.8. The summed E-state index contributed by atoms with van der Waals surface area (Å²) < 4.78 is 16.8. The van der Waals surface area contributed by atoms with Crippen LogP contribution in [0.4, 0.5) is 0 Å².